The first-order chi connectivity index (χ1) is 14.1. The largest absolute Gasteiger partial charge is 0.294 e. The highest BCUT2D eigenvalue weighted by Gasteiger charge is 2.40. The molecule has 0 spiro atoms. The summed E-state index contributed by atoms with van der Waals surface area (Å²) in [5, 5.41) is 2.75. The van der Waals surface area contributed by atoms with Crippen LogP contribution in [0.3, 0.4) is 0 Å². The summed E-state index contributed by atoms with van der Waals surface area (Å²) in [5.41, 5.74) is 3.33. The Hall–Kier alpha value is -2.91. The maximum atomic E-state index is 13.4. The fraction of sp³-hybridized carbons (Fsp3) is 0.200. The van der Waals surface area contributed by atoms with Crippen molar-refractivity contribution in [3.63, 3.8) is 0 Å². The van der Waals surface area contributed by atoms with Gasteiger partial charge < -0.3 is 0 Å². The lowest BCUT2D eigenvalue weighted by Gasteiger charge is -2.39. The van der Waals surface area contributed by atoms with E-state index >= 15 is 0 Å². The normalized spacial score (nSPS) is 19.6. The van der Waals surface area contributed by atoms with E-state index in [1.807, 2.05) is 36.4 Å². The van der Waals surface area contributed by atoms with Gasteiger partial charge in [-0.25, -0.2) is 0 Å². The summed E-state index contributed by atoms with van der Waals surface area (Å²) in [4.78, 5) is 28.1. The zero-order chi connectivity index (χ0) is 20.0. The molecule has 1 unspecified atom stereocenters. The third kappa shape index (κ3) is 2.97. The van der Waals surface area contributed by atoms with Crippen LogP contribution in [0.1, 0.15) is 37.2 Å². The molecule has 0 N–H and O–H groups in total. The molecule has 1 aliphatic heterocycles. The van der Waals surface area contributed by atoms with Gasteiger partial charge in [0.1, 0.15) is 0 Å². The molecule has 4 heteroatoms. The van der Waals surface area contributed by atoms with Crippen LogP contribution >= 0.6 is 11.6 Å². The lowest BCUT2D eigenvalue weighted by molar-refractivity contribution is -0.119. The maximum absolute atomic E-state index is 13.4. The number of hydrogen-bond acceptors (Lipinski definition) is 2. The Balaban J connectivity index is 1.73. The van der Waals surface area contributed by atoms with Crippen LogP contribution < -0.4 is 4.90 Å². The van der Waals surface area contributed by atoms with Crippen LogP contribution in [0.4, 0.5) is 5.69 Å². The molecule has 0 saturated carbocycles. The van der Waals surface area contributed by atoms with Crippen LogP contribution in [0.5, 0.6) is 0 Å². The molecule has 0 saturated heterocycles. The van der Waals surface area contributed by atoms with Crippen LogP contribution in [0.2, 0.25) is 5.02 Å². The average molecular weight is 402 g/mol. The fourth-order valence-corrected chi connectivity index (χ4v) is 4.95. The SMILES string of the molecule is O=C1CCCC2=C1C(c1cccc3ccccc13)CC(=O)N2c1ccccc1Cl. The van der Waals surface area contributed by atoms with Gasteiger partial charge in [0.2, 0.25) is 5.91 Å². The summed E-state index contributed by atoms with van der Waals surface area (Å²) in [6.07, 6.45) is 2.27. The highest BCUT2D eigenvalue weighted by atomic mass is 35.5. The highest BCUT2D eigenvalue weighted by Crippen LogP contribution is 2.45. The number of fused-ring (bicyclic) bond motifs is 1. The van der Waals surface area contributed by atoms with E-state index in [1.54, 1.807) is 11.0 Å². The Morgan fingerprint density at radius 3 is 2.48 bits per heavy atom. The summed E-state index contributed by atoms with van der Waals surface area (Å²) in [7, 11) is 0. The minimum atomic E-state index is -0.213. The lowest BCUT2D eigenvalue weighted by atomic mass is 9.76. The van der Waals surface area contributed by atoms with Crippen molar-refractivity contribution in [3.8, 4) is 0 Å². The van der Waals surface area contributed by atoms with E-state index in [4.69, 9.17) is 11.6 Å². The van der Waals surface area contributed by atoms with Crippen molar-refractivity contribution >= 4 is 39.8 Å². The van der Waals surface area contributed by atoms with Crippen molar-refractivity contribution in [1.82, 2.24) is 0 Å². The lowest BCUT2D eigenvalue weighted by Crippen LogP contribution is -2.40. The van der Waals surface area contributed by atoms with Gasteiger partial charge in [-0.15, -0.1) is 0 Å². The molecule has 0 fully saturated rings. The molecule has 3 aromatic carbocycles. The van der Waals surface area contributed by atoms with Gasteiger partial charge in [-0.05, 0) is 41.3 Å². The minimum Gasteiger partial charge on any atom is -0.294 e. The number of para-hydroxylation sites is 1. The van der Waals surface area contributed by atoms with Crippen molar-refractivity contribution in [3.05, 3.63) is 88.6 Å². The Morgan fingerprint density at radius 1 is 0.862 bits per heavy atom. The van der Waals surface area contributed by atoms with Gasteiger partial charge in [0.25, 0.3) is 0 Å². The molecule has 1 atom stereocenters. The molecular weight excluding hydrogens is 382 g/mol. The summed E-state index contributed by atoms with van der Waals surface area (Å²) in [6, 6.07) is 21.6. The molecule has 0 radical (unpaired) electrons. The monoisotopic (exact) mass is 401 g/mol. The topological polar surface area (TPSA) is 37.4 Å². The number of nitrogens with zero attached hydrogens (tertiary/aromatic N) is 1. The number of allylic oxidation sites excluding steroid dienone is 2. The predicted molar refractivity (Wildman–Crippen MR) is 116 cm³/mol. The van der Waals surface area contributed by atoms with Crippen LogP contribution in [-0.2, 0) is 9.59 Å². The standard InChI is InChI=1S/C25H20ClNO2/c26-20-11-3-4-12-21(20)27-22-13-6-14-23(28)25(22)19(15-24(27)29)18-10-5-8-16-7-1-2-9-17(16)18/h1-5,7-12,19H,6,13-15H2. The second-order valence-corrected chi connectivity index (χ2v) is 8.05. The first-order valence-electron chi connectivity index (χ1n) is 9.96. The molecule has 144 valence electrons. The Kier molecular flexibility index (Phi) is 4.48. The van der Waals surface area contributed by atoms with E-state index in [2.05, 4.69) is 24.3 Å². The molecule has 3 aromatic rings. The zero-order valence-electron chi connectivity index (χ0n) is 15.9. The number of ketones is 1. The van der Waals surface area contributed by atoms with Crippen molar-refractivity contribution in [2.45, 2.75) is 31.6 Å². The van der Waals surface area contributed by atoms with Crippen molar-refractivity contribution in [2.75, 3.05) is 4.90 Å². The van der Waals surface area contributed by atoms with E-state index in [9.17, 15) is 9.59 Å². The van der Waals surface area contributed by atoms with Crippen molar-refractivity contribution < 1.29 is 9.59 Å². The number of halogens is 1. The zero-order valence-corrected chi connectivity index (χ0v) is 16.7. The summed E-state index contributed by atoms with van der Waals surface area (Å²) in [5.74, 6) is -0.0756. The van der Waals surface area contributed by atoms with Crippen molar-refractivity contribution in [1.29, 1.82) is 0 Å². The average Bonchev–Trinajstić information content (AvgIpc) is 2.74. The second kappa shape index (κ2) is 7.16. The number of benzene rings is 3. The number of carbonyl (C=O) groups excluding carboxylic acids is 2. The number of hydrogen-bond donors (Lipinski definition) is 0. The quantitative estimate of drug-likeness (QED) is 0.526. The van der Waals surface area contributed by atoms with Gasteiger partial charge in [-0.3, -0.25) is 14.5 Å². The smallest absolute Gasteiger partial charge is 0.232 e. The van der Waals surface area contributed by atoms with E-state index in [0.717, 1.165) is 34.0 Å². The first-order valence-corrected chi connectivity index (χ1v) is 10.3. The Morgan fingerprint density at radius 2 is 1.62 bits per heavy atom. The second-order valence-electron chi connectivity index (χ2n) is 7.64. The minimum absolute atomic E-state index is 0.00974. The first kappa shape index (κ1) is 18.1. The molecule has 0 aromatic heterocycles. The summed E-state index contributed by atoms with van der Waals surface area (Å²) in [6.45, 7) is 0. The molecule has 3 nitrogen and oxygen atoms in total. The molecule has 1 aliphatic carbocycles. The number of anilines is 1. The van der Waals surface area contributed by atoms with Crippen LogP contribution in [0.15, 0.2) is 78.0 Å². The number of rotatable bonds is 2. The van der Waals surface area contributed by atoms with E-state index in [1.165, 1.54) is 0 Å². The van der Waals surface area contributed by atoms with Gasteiger partial charge in [0.15, 0.2) is 5.78 Å². The van der Waals surface area contributed by atoms with Gasteiger partial charge in [0.05, 0.1) is 10.7 Å². The van der Waals surface area contributed by atoms with Crippen molar-refractivity contribution in [2.24, 2.45) is 0 Å². The number of Topliss-reactive ketones (excluding diaryl/α,β-unsaturated/α-hetero) is 1. The van der Waals surface area contributed by atoms with E-state index in [0.29, 0.717) is 23.6 Å². The maximum Gasteiger partial charge on any atom is 0.232 e. The summed E-state index contributed by atoms with van der Waals surface area (Å²) >= 11 is 6.42. The number of amides is 1. The molecule has 5 rings (SSSR count). The summed E-state index contributed by atoms with van der Waals surface area (Å²) < 4.78 is 0. The van der Waals surface area contributed by atoms with Crippen LogP contribution in [0, 0.1) is 0 Å². The third-order valence-electron chi connectivity index (χ3n) is 5.97. The fourth-order valence-electron chi connectivity index (χ4n) is 4.73. The highest BCUT2D eigenvalue weighted by molar-refractivity contribution is 6.34. The molecule has 1 heterocycles. The predicted octanol–water partition coefficient (Wildman–Crippen LogP) is 6.02. The molecule has 0 bridgehead atoms. The van der Waals surface area contributed by atoms with Crippen LogP contribution in [0.25, 0.3) is 10.8 Å². The molecule has 29 heavy (non-hydrogen) atoms. The molecule has 1 amide bonds. The Labute approximate surface area is 174 Å². The van der Waals surface area contributed by atoms with Gasteiger partial charge >= 0.3 is 0 Å². The van der Waals surface area contributed by atoms with Gasteiger partial charge in [-0.2, -0.15) is 0 Å². The third-order valence-corrected chi connectivity index (χ3v) is 6.29. The molecule has 2 aliphatic rings. The van der Waals surface area contributed by atoms with Gasteiger partial charge in [-0.1, -0.05) is 66.2 Å². The van der Waals surface area contributed by atoms with Gasteiger partial charge in [0, 0.05) is 30.0 Å². The van der Waals surface area contributed by atoms with E-state index < -0.39 is 0 Å². The van der Waals surface area contributed by atoms with Crippen LogP contribution in [-0.4, -0.2) is 11.7 Å². The number of carbonyl (C=O) groups is 2. The van der Waals surface area contributed by atoms with E-state index in [-0.39, 0.29) is 24.0 Å². The molecular formula is C25H20ClNO2. The Bertz CT molecular complexity index is 1170.